The van der Waals surface area contributed by atoms with Crippen LogP contribution in [-0.2, 0) is 4.74 Å². The number of para-hydroxylation sites is 1. The van der Waals surface area contributed by atoms with E-state index in [1.165, 1.54) is 7.11 Å². The summed E-state index contributed by atoms with van der Waals surface area (Å²) in [6.45, 7) is 3.67. The topological polar surface area (TPSA) is 75.7 Å². The number of anilines is 1. The van der Waals surface area contributed by atoms with E-state index >= 15 is 0 Å². The summed E-state index contributed by atoms with van der Waals surface area (Å²) in [5, 5.41) is 2.73. The second-order valence-corrected chi connectivity index (χ2v) is 7.05. The Morgan fingerprint density at radius 2 is 1.68 bits per heavy atom. The van der Waals surface area contributed by atoms with Gasteiger partial charge in [-0.2, -0.15) is 0 Å². The molecule has 6 nitrogen and oxygen atoms in total. The number of amides is 2. The second-order valence-electron chi connectivity index (χ2n) is 7.05. The SMILES string of the molecule is COC(=O)c1ccccc1NC(=O)c1cccc(C(=O)N2CCC(C)CC2)c1. The first-order valence-electron chi connectivity index (χ1n) is 9.37. The minimum atomic E-state index is -0.529. The van der Waals surface area contributed by atoms with Gasteiger partial charge >= 0.3 is 5.97 Å². The minimum Gasteiger partial charge on any atom is -0.465 e. The van der Waals surface area contributed by atoms with E-state index in [1.54, 1.807) is 48.5 Å². The number of piperidine rings is 1. The van der Waals surface area contributed by atoms with Crippen molar-refractivity contribution in [3.05, 3.63) is 65.2 Å². The van der Waals surface area contributed by atoms with Gasteiger partial charge < -0.3 is 15.0 Å². The number of hydrogen-bond donors (Lipinski definition) is 1. The fourth-order valence-corrected chi connectivity index (χ4v) is 3.26. The van der Waals surface area contributed by atoms with Crippen molar-refractivity contribution in [1.29, 1.82) is 0 Å². The lowest BCUT2D eigenvalue weighted by atomic mass is 9.98. The van der Waals surface area contributed by atoms with Gasteiger partial charge in [-0.1, -0.05) is 25.1 Å². The van der Waals surface area contributed by atoms with E-state index in [4.69, 9.17) is 4.74 Å². The van der Waals surface area contributed by atoms with E-state index in [0.717, 1.165) is 25.9 Å². The molecule has 28 heavy (non-hydrogen) atoms. The fraction of sp³-hybridized carbons (Fsp3) is 0.318. The zero-order valence-electron chi connectivity index (χ0n) is 16.1. The minimum absolute atomic E-state index is 0.0588. The predicted octanol–water partition coefficient (Wildman–Crippen LogP) is 3.60. The molecule has 6 heteroatoms. The molecule has 1 N–H and O–H groups in total. The van der Waals surface area contributed by atoms with E-state index in [9.17, 15) is 14.4 Å². The summed E-state index contributed by atoms with van der Waals surface area (Å²) in [4.78, 5) is 39.1. The molecule has 0 saturated carbocycles. The van der Waals surface area contributed by atoms with Crippen LogP contribution in [0.3, 0.4) is 0 Å². The van der Waals surface area contributed by atoms with Gasteiger partial charge in [-0.25, -0.2) is 4.79 Å². The van der Waals surface area contributed by atoms with Crippen LogP contribution in [0.2, 0.25) is 0 Å². The van der Waals surface area contributed by atoms with Gasteiger partial charge in [-0.15, -0.1) is 0 Å². The Kier molecular flexibility index (Phi) is 6.09. The van der Waals surface area contributed by atoms with Crippen LogP contribution in [0, 0.1) is 5.92 Å². The number of benzene rings is 2. The summed E-state index contributed by atoms with van der Waals surface area (Å²) >= 11 is 0. The maximum absolute atomic E-state index is 12.8. The van der Waals surface area contributed by atoms with Gasteiger partial charge in [0.25, 0.3) is 11.8 Å². The lowest BCUT2D eigenvalue weighted by molar-refractivity contribution is 0.0601. The Bertz CT molecular complexity index is 886. The van der Waals surface area contributed by atoms with Crippen LogP contribution in [0.4, 0.5) is 5.69 Å². The molecule has 0 atom stereocenters. The zero-order chi connectivity index (χ0) is 20.1. The summed E-state index contributed by atoms with van der Waals surface area (Å²) < 4.78 is 4.75. The highest BCUT2D eigenvalue weighted by atomic mass is 16.5. The molecule has 0 radical (unpaired) electrons. The first kappa shape index (κ1) is 19.6. The molecule has 1 saturated heterocycles. The van der Waals surface area contributed by atoms with Crippen molar-refractivity contribution in [2.45, 2.75) is 19.8 Å². The molecule has 0 unspecified atom stereocenters. The molecule has 146 valence electrons. The normalized spacial score (nSPS) is 14.4. The third-order valence-corrected chi connectivity index (χ3v) is 5.02. The molecular formula is C22H24N2O4. The molecular weight excluding hydrogens is 356 g/mol. The highest BCUT2D eigenvalue weighted by Crippen LogP contribution is 2.20. The molecule has 2 amide bonds. The summed E-state index contributed by atoms with van der Waals surface area (Å²) in [7, 11) is 1.29. The van der Waals surface area contributed by atoms with Crippen molar-refractivity contribution < 1.29 is 19.1 Å². The number of esters is 1. The largest absolute Gasteiger partial charge is 0.465 e. The molecule has 0 spiro atoms. The van der Waals surface area contributed by atoms with Crippen LogP contribution >= 0.6 is 0 Å². The van der Waals surface area contributed by atoms with Crippen LogP contribution in [0.15, 0.2) is 48.5 Å². The van der Waals surface area contributed by atoms with Crippen LogP contribution < -0.4 is 5.32 Å². The third kappa shape index (κ3) is 4.39. The first-order chi connectivity index (χ1) is 13.5. The van der Waals surface area contributed by atoms with Crippen molar-refractivity contribution >= 4 is 23.5 Å². The van der Waals surface area contributed by atoms with E-state index in [-0.39, 0.29) is 11.5 Å². The number of rotatable bonds is 4. The molecule has 1 aliphatic heterocycles. The first-order valence-corrected chi connectivity index (χ1v) is 9.37. The van der Waals surface area contributed by atoms with Crippen molar-refractivity contribution in [3.63, 3.8) is 0 Å². The average molecular weight is 380 g/mol. The Labute approximate surface area is 164 Å². The van der Waals surface area contributed by atoms with Crippen LogP contribution in [0.25, 0.3) is 0 Å². The van der Waals surface area contributed by atoms with Crippen molar-refractivity contribution in [3.8, 4) is 0 Å². The molecule has 1 heterocycles. The number of nitrogens with zero attached hydrogens (tertiary/aromatic N) is 1. The fourth-order valence-electron chi connectivity index (χ4n) is 3.26. The zero-order valence-corrected chi connectivity index (χ0v) is 16.1. The van der Waals surface area contributed by atoms with E-state index in [2.05, 4.69) is 12.2 Å². The van der Waals surface area contributed by atoms with Gasteiger partial charge in [0, 0.05) is 24.2 Å². The van der Waals surface area contributed by atoms with Gasteiger partial charge in [0.1, 0.15) is 0 Å². The smallest absolute Gasteiger partial charge is 0.339 e. The third-order valence-electron chi connectivity index (χ3n) is 5.02. The standard InChI is InChI=1S/C22H24N2O4/c1-15-10-12-24(13-11-15)21(26)17-7-5-6-16(14-17)20(25)23-19-9-4-3-8-18(19)22(27)28-2/h3-9,14-15H,10-13H2,1-2H3,(H,23,25). The Balaban J connectivity index is 1.76. The molecule has 0 aliphatic carbocycles. The van der Waals surface area contributed by atoms with Crippen molar-refractivity contribution in [1.82, 2.24) is 4.90 Å². The van der Waals surface area contributed by atoms with Crippen LogP contribution in [-0.4, -0.2) is 42.9 Å². The molecule has 0 aromatic heterocycles. The summed E-state index contributed by atoms with van der Waals surface area (Å²) in [5.41, 5.74) is 1.48. The number of carbonyl (C=O) groups excluding carboxylic acids is 3. The lowest BCUT2D eigenvalue weighted by Crippen LogP contribution is -2.38. The number of likely N-dealkylation sites (tertiary alicyclic amines) is 1. The number of methoxy groups -OCH3 is 1. The maximum atomic E-state index is 12.8. The van der Waals surface area contributed by atoms with Gasteiger partial charge in [0.2, 0.25) is 0 Å². The van der Waals surface area contributed by atoms with E-state index in [1.807, 2.05) is 4.90 Å². The van der Waals surface area contributed by atoms with Crippen LogP contribution in [0.5, 0.6) is 0 Å². The highest BCUT2D eigenvalue weighted by molar-refractivity contribution is 6.09. The van der Waals surface area contributed by atoms with Gasteiger partial charge in [0.15, 0.2) is 0 Å². The Morgan fingerprint density at radius 3 is 2.39 bits per heavy atom. The highest BCUT2D eigenvalue weighted by Gasteiger charge is 2.22. The monoisotopic (exact) mass is 380 g/mol. The Morgan fingerprint density at radius 1 is 1.00 bits per heavy atom. The molecule has 2 aromatic carbocycles. The van der Waals surface area contributed by atoms with Gasteiger partial charge in [-0.05, 0) is 49.1 Å². The maximum Gasteiger partial charge on any atom is 0.339 e. The quantitative estimate of drug-likeness (QED) is 0.823. The molecule has 2 aromatic rings. The summed E-state index contributed by atoms with van der Waals surface area (Å²) in [6.07, 6.45) is 1.99. The summed E-state index contributed by atoms with van der Waals surface area (Å²) in [6, 6.07) is 13.3. The summed E-state index contributed by atoms with van der Waals surface area (Å²) in [5.74, 6) is -0.343. The van der Waals surface area contributed by atoms with Gasteiger partial charge in [0.05, 0.1) is 18.4 Å². The van der Waals surface area contributed by atoms with E-state index < -0.39 is 11.9 Å². The second kappa shape index (κ2) is 8.69. The van der Waals surface area contributed by atoms with Gasteiger partial charge in [-0.3, -0.25) is 9.59 Å². The van der Waals surface area contributed by atoms with Crippen LogP contribution in [0.1, 0.15) is 50.8 Å². The van der Waals surface area contributed by atoms with Crippen molar-refractivity contribution in [2.75, 3.05) is 25.5 Å². The number of carbonyl (C=O) groups is 3. The molecule has 1 fully saturated rings. The number of ether oxygens (including phenoxy) is 1. The van der Waals surface area contributed by atoms with E-state index in [0.29, 0.717) is 22.7 Å². The Hall–Kier alpha value is -3.15. The average Bonchev–Trinajstić information content (AvgIpc) is 2.73. The molecule has 1 aliphatic rings. The molecule has 0 bridgehead atoms. The van der Waals surface area contributed by atoms with Crippen molar-refractivity contribution in [2.24, 2.45) is 5.92 Å². The number of hydrogen-bond acceptors (Lipinski definition) is 4. The number of nitrogens with one attached hydrogen (secondary N) is 1. The predicted molar refractivity (Wildman–Crippen MR) is 106 cm³/mol. The lowest BCUT2D eigenvalue weighted by Gasteiger charge is -2.30. The molecule has 3 rings (SSSR count).